The first-order valence-corrected chi connectivity index (χ1v) is 5.15. The fraction of sp³-hybridized carbons (Fsp3) is 0.625. The Morgan fingerprint density at radius 3 is 3.00 bits per heavy atom. The van der Waals surface area contributed by atoms with Gasteiger partial charge in [0.15, 0.2) is 5.02 Å². The minimum absolute atomic E-state index is 0.0893. The van der Waals surface area contributed by atoms with E-state index in [1.54, 1.807) is 0 Å². The Balaban J connectivity index is 1.89. The van der Waals surface area contributed by atoms with Crippen molar-refractivity contribution >= 4 is 17.4 Å². The van der Waals surface area contributed by atoms with Gasteiger partial charge in [0, 0.05) is 12.6 Å². The lowest BCUT2D eigenvalue weighted by Crippen LogP contribution is -2.22. The Bertz CT molecular complexity index is 375. The van der Waals surface area contributed by atoms with Gasteiger partial charge < -0.3 is 15.4 Å². The van der Waals surface area contributed by atoms with Gasteiger partial charge in [-0.05, 0) is 17.8 Å². The van der Waals surface area contributed by atoms with E-state index in [2.05, 4.69) is 10.4 Å². The molecule has 1 fully saturated rings. The standard InChI is InChI=1S/C8H11ClN4O2/c9-7-5-12(11-8(7)13(14)15)4-3-10-6-1-2-6/h5-6,10H,1-4H2. The summed E-state index contributed by atoms with van der Waals surface area (Å²) in [6.45, 7) is 1.36. The number of halogens is 1. The van der Waals surface area contributed by atoms with E-state index in [0.717, 1.165) is 6.54 Å². The van der Waals surface area contributed by atoms with E-state index in [9.17, 15) is 10.1 Å². The molecule has 1 aromatic rings. The fourth-order valence-electron chi connectivity index (χ4n) is 1.30. The van der Waals surface area contributed by atoms with Crippen LogP contribution in [-0.2, 0) is 6.54 Å². The van der Waals surface area contributed by atoms with Crippen LogP contribution in [0.5, 0.6) is 0 Å². The number of nitrogens with one attached hydrogen (secondary N) is 1. The summed E-state index contributed by atoms with van der Waals surface area (Å²) in [6, 6.07) is 0.631. The van der Waals surface area contributed by atoms with Crippen LogP contribution in [0.3, 0.4) is 0 Å². The Hall–Kier alpha value is -1.14. The quantitative estimate of drug-likeness (QED) is 0.609. The summed E-state index contributed by atoms with van der Waals surface area (Å²) >= 11 is 5.65. The number of aromatic nitrogens is 2. The lowest BCUT2D eigenvalue weighted by atomic mass is 10.5. The highest BCUT2D eigenvalue weighted by Gasteiger charge is 2.21. The highest BCUT2D eigenvalue weighted by molar-refractivity contribution is 6.32. The third-order valence-electron chi connectivity index (χ3n) is 2.22. The molecule has 82 valence electrons. The maximum Gasteiger partial charge on any atom is 0.408 e. The first-order chi connectivity index (χ1) is 7.16. The van der Waals surface area contributed by atoms with E-state index in [1.165, 1.54) is 23.7 Å². The zero-order valence-corrected chi connectivity index (χ0v) is 8.78. The van der Waals surface area contributed by atoms with Gasteiger partial charge in [0.25, 0.3) is 0 Å². The van der Waals surface area contributed by atoms with Crippen molar-refractivity contribution in [3.8, 4) is 0 Å². The molecule has 1 saturated carbocycles. The first-order valence-electron chi connectivity index (χ1n) is 4.77. The van der Waals surface area contributed by atoms with E-state index in [-0.39, 0.29) is 10.8 Å². The van der Waals surface area contributed by atoms with E-state index < -0.39 is 4.92 Å². The van der Waals surface area contributed by atoms with Gasteiger partial charge in [0.2, 0.25) is 0 Å². The van der Waals surface area contributed by atoms with Crippen molar-refractivity contribution in [1.29, 1.82) is 0 Å². The van der Waals surface area contributed by atoms with Gasteiger partial charge in [-0.15, -0.1) is 0 Å². The largest absolute Gasteiger partial charge is 0.408 e. The third-order valence-corrected chi connectivity index (χ3v) is 2.49. The molecule has 2 rings (SSSR count). The molecule has 0 unspecified atom stereocenters. The average Bonchev–Trinajstić information content (AvgIpc) is 2.90. The summed E-state index contributed by atoms with van der Waals surface area (Å²) in [5.74, 6) is -0.275. The second-order valence-electron chi connectivity index (χ2n) is 3.55. The Morgan fingerprint density at radius 1 is 1.73 bits per heavy atom. The van der Waals surface area contributed by atoms with Gasteiger partial charge in [-0.2, -0.15) is 4.68 Å². The van der Waals surface area contributed by atoms with Crippen LogP contribution >= 0.6 is 11.6 Å². The van der Waals surface area contributed by atoms with E-state index in [0.29, 0.717) is 12.6 Å². The SMILES string of the molecule is O=[N+]([O-])c1nn(CCNC2CC2)cc1Cl. The van der Waals surface area contributed by atoms with E-state index in [4.69, 9.17) is 11.6 Å². The first kappa shape index (κ1) is 10.4. The number of hydrogen-bond donors (Lipinski definition) is 1. The molecule has 0 spiro atoms. The summed E-state index contributed by atoms with van der Waals surface area (Å²) in [5.41, 5.74) is 0. The molecule has 0 amide bonds. The minimum Gasteiger partial charge on any atom is -0.358 e. The van der Waals surface area contributed by atoms with Crippen LogP contribution in [0.15, 0.2) is 6.20 Å². The monoisotopic (exact) mass is 230 g/mol. The average molecular weight is 231 g/mol. The molecule has 0 saturated heterocycles. The lowest BCUT2D eigenvalue weighted by Gasteiger charge is -1.98. The number of nitrogens with zero attached hydrogens (tertiary/aromatic N) is 3. The molecule has 0 aliphatic heterocycles. The summed E-state index contributed by atoms with van der Waals surface area (Å²) < 4.78 is 1.50. The van der Waals surface area contributed by atoms with Crippen LogP contribution < -0.4 is 5.32 Å². The predicted molar refractivity (Wildman–Crippen MR) is 54.9 cm³/mol. The Morgan fingerprint density at radius 2 is 2.47 bits per heavy atom. The topological polar surface area (TPSA) is 73.0 Å². The zero-order valence-electron chi connectivity index (χ0n) is 8.02. The Kier molecular flexibility index (Phi) is 2.88. The van der Waals surface area contributed by atoms with Gasteiger partial charge in [-0.1, -0.05) is 11.6 Å². The molecule has 1 aliphatic carbocycles. The lowest BCUT2D eigenvalue weighted by molar-refractivity contribution is -0.389. The normalized spacial score (nSPS) is 15.5. The van der Waals surface area contributed by atoms with Crippen LogP contribution in [-0.4, -0.2) is 27.3 Å². The molecule has 1 aromatic heterocycles. The van der Waals surface area contributed by atoms with Crippen molar-refractivity contribution < 1.29 is 4.92 Å². The molecule has 1 heterocycles. The summed E-state index contributed by atoms with van der Waals surface area (Å²) in [5, 5.41) is 17.6. The van der Waals surface area contributed by atoms with Crippen molar-refractivity contribution in [1.82, 2.24) is 15.1 Å². The summed E-state index contributed by atoms with van der Waals surface area (Å²) in [7, 11) is 0. The predicted octanol–water partition coefficient (Wildman–Crippen LogP) is 1.20. The van der Waals surface area contributed by atoms with Crippen LogP contribution in [0.25, 0.3) is 0 Å². The van der Waals surface area contributed by atoms with Gasteiger partial charge in [-0.25, -0.2) is 0 Å². The molecule has 1 N–H and O–H groups in total. The van der Waals surface area contributed by atoms with Crippen LogP contribution in [0.1, 0.15) is 12.8 Å². The number of nitro groups is 1. The van der Waals surface area contributed by atoms with E-state index >= 15 is 0 Å². The molecule has 0 aromatic carbocycles. The van der Waals surface area contributed by atoms with Crippen molar-refractivity contribution in [2.45, 2.75) is 25.4 Å². The minimum atomic E-state index is -0.576. The smallest absolute Gasteiger partial charge is 0.358 e. The molecule has 1 aliphatic rings. The van der Waals surface area contributed by atoms with Crippen LogP contribution in [0, 0.1) is 10.1 Å². The van der Waals surface area contributed by atoms with Crippen molar-refractivity contribution in [3.05, 3.63) is 21.3 Å². The van der Waals surface area contributed by atoms with Crippen molar-refractivity contribution in [2.75, 3.05) is 6.54 Å². The zero-order chi connectivity index (χ0) is 10.8. The van der Waals surface area contributed by atoms with E-state index in [1.807, 2.05) is 0 Å². The second kappa shape index (κ2) is 4.16. The van der Waals surface area contributed by atoms with Crippen molar-refractivity contribution in [3.63, 3.8) is 0 Å². The van der Waals surface area contributed by atoms with Gasteiger partial charge >= 0.3 is 5.82 Å². The molecule has 0 atom stereocenters. The second-order valence-corrected chi connectivity index (χ2v) is 3.96. The third kappa shape index (κ3) is 2.66. The molecule has 6 nitrogen and oxygen atoms in total. The maximum atomic E-state index is 10.5. The molecular weight excluding hydrogens is 220 g/mol. The fourth-order valence-corrected chi connectivity index (χ4v) is 1.52. The summed E-state index contributed by atoms with van der Waals surface area (Å²) in [6.07, 6.45) is 3.92. The number of rotatable bonds is 5. The maximum absolute atomic E-state index is 10.5. The molecule has 15 heavy (non-hydrogen) atoms. The summed E-state index contributed by atoms with van der Waals surface area (Å²) in [4.78, 5) is 9.88. The Labute approximate surface area is 91.4 Å². The highest BCUT2D eigenvalue weighted by atomic mass is 35.5. The van der Waals surface area contributed by atoms with Gasteiger partial charge in [-0.3, -0.25) is 0 Å². The highest BCUT2D eigenvalue weighted by Crippen LogP contribution is 2.21. The molecule has 0 radical (unpaired) electrons. The molecule has 0 bridgehead atoms. The van der Waals surface area contributed by atoms with Crippen LogP contribution in [0.2, 0.25) is 5.02 Å². The molecule has 7 heteroatoms. The van der Waals surface area contributed by atoms with Gasteiger partial charge in [0.1, 0.15) is 0 Å². The van der Waals surface area contributed by atoms with Crippen LogP contribution in [0.4, 0.5) is 5.82 Å². The van der Waals surface area contributed by atoms with Crippen molar-refractivity contribution in [2.24, 2.45) is 0 Å². The number of hydrogen-bond acceptors (Lipinski definition) is 4. The molecular formula is C8H11ClN4O2. The van der Waals surface area contributed by atoms with Gasteiger partial charge in [0.05, 0.1) is 17.8 Å².